The van der Waals surface area contributed by atoms with Gasteiger partial charge < -0.3 is 20.1 Å². The third kappa shape index (κ3) is 3.37. The topological polar surface area (TPSA) is 69.9 Å². The van der Waals surface area contributed by atoms with Gasteiger partial charge in [-0.2, -0.15) is 0 Å². The lowest BCUT2D eigenvalue weighted by molar-refractivity contribution is 0.306. The van der Waals surface area contributed by atoms with Crippen LogP contribution in [0.15, 0.2) is 66.7 Å². The summed E-state index contributed by atoms with van der Waals surface area (Å²) in [7, 11) is 0. The minimum Gasteiger partial charge on any atom is -0.508 e. The van der Waals surface area contributed by atoms with Crippen molar-refractivity contribution >= 4 is 0 Å². The fourth-order valence-corrected chi connectivity index (χ4v) is 2.35. The number of ether oxygens (including phenoxy) is 1. The highest BCUT2D eigenvalue weighted by molar-refractivity contribution is 5.74. The molecule has 0 radical (unpaired) electrons. The lowest BCUT2D eigenvalue weighted by atomic mass is 9.99. The van der Waals surface area contributed by atoms with Crippen LogP contribution in [0.4, 0.5) is 0 Å². The second-order valence-corrected chi connectivity index (χ2v) is 5.14. The molecule has 23 heavy (non-hydrogen) atoms. The van der Waals surface area contributed by atoms with Crippen molar-refractivity contribution in [3.63, 3.8) is 0 Å². The Morgan fingerprint density at radius 2 is 1.39 bits per heavy atom. The van der Waals surface area contributed by atoms with Crippen LogP contribution in [0.25, 0.3) is 11.1 Å². The second-order valence-electron chi connectivity index (χ2n) is 5.14. The van der Waals surface area contributed by atoms with Crippen molar-refractivity contribution in [2.45, 2.75) is 6.61 Å². The van der Waals surface area contributed by atoms with Gasteiger partial charge in [0.25, 0.3) is 0 Å². The monoisotopic (exact) mass is 308 g/mol. The van der Waals surface area contributed by atoms with Crippen molar-refractivity contribution in [3.8, 4) is 34.1 Å². The summed E-state index contributed by atoms with van der Waals surface area (Å²) >= 11 is 0. The molecule has 3 rings (SSSR count). The quantitative estimate of drug-likeness (QED) is 0.636. The van der Waals surface area contributed by atoms with Crippen LogP contribution < -0.4 is 4.74 Å². The highest BCUT2D eigenvalue weighted by Crippen LogP contribution is 2.34. The Hall–Kier alpha value is -3.14. The summed E-state index contributed by atoms with van der Waals surface area (Å²) in [6, 6.07) is 18.4. The number of benzene rings is 3. The maximum Gasteiger partial charge on any atom is 0.123 e. The van der Waals surface area contributed by atoms with Crippen molar-refractivity contribution in [1.82, 2.24) is 0 Å². The molecular weight excluding hydrogens is 292 g/mol. The molecule has 116 valence electrons. The van der Waals surface area contributed by atoms with Crippen molar-refractivity contribution in [1.29, 1.82) is 0 Å². The molecule has 3 N–H and O–H groups in total. The molecule has 0 amide bonds. The molecule has 0 saturated carbocycles. The summed E-state index contributed by atoms with van der Waals surface area (Å²) in [6.45, 7) is 0.302. The normalized spacial score (nSPS) is 10.4. The van der Waals surface area contributed by atoms with Crippen molar-refractivity contribution < 1.29 is 20.1 Å². The summed E-state index contributed by atoms with van der Waals surface area (Å²) < 4.78 is 5.72. The predicted octanol–water partition coefficient (Wildman–Crippen LogP) is 4.05. The smallest absolute Gasteiger partial charge is 0.123 e. The van der Waals surface area contributed by atoms with E-state index in [9.17, 15) is 15.3 Å². The Morgan fingerprint density at radius 1 is 0.696 bits per heavy atom. The van der Waals surface area contributed by atoms with Crippen LogP contribution in [0.1, 0.15) is 5.56 Å². The first kappa shape index (κ1) is 14.8. The molecule has 0 aromatic heterocycles. The molecule has 4 nitrogen and oxygen atoms in total. The van der Waals surface area contributed by atoms with E-state index in [1.165, 1.54) is 18.2 Å². The molecule has 3 aromatic carbocycles. The SMILES string of the molecule is Oc1ccc(OCc2ccccc2-c2cc(O)ccc2O)cc1. The zero-order valence-electron chi connectivity index (χ0n) is 12.3. The minimum atomic E-state index is 0.0899. The largest absolute Gasteiger partial charge is 0.508 e. The Morgan fingerprint density at radius 3 is 2.17 bits per heavy atom. The Balaban J connectivity index is 1.89. The van der Waals surface area contributed by atoms with Crippen LogP contribution in [0, 0.1) is 0 Å². The van der Waals surface area contributed by atoms with Crippen molar-refractivity contribution in [3.05, 3.63) is 72.3 Å². The average Bonchev–Trinajstić information content (AvgIpc) is 2.57. The molecule has 0 aliphatic rings. The Kier molecular flexibility index (Phi) is 4.06. The molecule has 0 heterocycles. The zero-order chi connectivity index (χ0) is 16.2. The van der Waals surface area contributed by atoms with Crippen LogP contribution in [0.5, 0.6) is 23.0 Å². The molecule has 0 aliphatic carbocycles. The Labute approximate surface area is 133 Å². The predicted molar refractivity (Wildman–Crippen MR) is 87.6 cm³/mol. The first-order valence-electron chi connectivity index (χ1n) is 7.15. The van der Waals surface area contributed by atoms with Gasteiger partial charge in [0.05, 0.1) is 0 Å². The van der Waals surface area contributed by atoms with Crippen LogP contribution in [0.2, 0.25) is 0 Å². The fourth-order valence-electron chi connectivity index (χ4n) is 2.35. The summed E-state index contributed by atoms with van der Waals surface area (Å²) in [4.78, 5) is 0. The van der Waals surface area contributed by atoms with Crippen LogP contribution in [0.3, 0.4) is 0 Å². The Bertz CT molecular complexity index is 810. The summed E-state index contributed by atoms with van der Waals surface area (Å²) in [5, 5.41) is 29.0. The van der Waals surface area contributed by atoms with Gasteiger partial charge >= 0.3 is 0 Å². The third-order valence-corrected chi connectivity index (χ3v) is 3.52. The fraction of sp³-hybridized carbons (Fsp3) is 0.0526. The summed E-state index contributed by atoms with van der Waals surface area (Å²) in [5.41, 5.74) is 2.22. The van der Waals surface area contributed by atoms with Gasteiger partial charge in [-0.3, -0.25) is 0 Å². The second kappa shape index (κ2) is 6.32. The highest BCUT2D eigenvalue weighted by atomic mass is 16.5. The minimum absolute atomic E-state index is 0.0899. The van der Waals surface area contributed by atoms with E-state index < -0.39 is 0 Å². The molecule has 0 aliphatic heterocycles. The lowest BCUT2D eigenvalue weighted by Gasteiger charge is -2.13. The number of hydrogen-bond acceptors (Lipinski definition) is 4. The van der Waals surface area contributed by atoms with Crippen LogP contribution in [-0.4, -0.2) is 15.3 Å². The van der Waals surface area contributed by atoms with Gasteiger partial charge in [-0.25, -0.2) is 0 Å². The van der Waals surface area contributed by atoms with Crippen molar-refractivity contribution in [2.24, 2.45) is 0 Å². The average molecular weight is 308 g/mol. The lowest BCUT2D eigenvalue weighted by Crippen LogP contribution is -1.98. The third-order valence-electron chi connectivity index (χ3n) is 3.52. The van der Waals surface area contributed by atoms with Crippen LogP contribution >= 0.6 is 0 Å². The van der Waals surface area contributed by atoms with E-state index in [1.54, 1.807) is 24.3 Å². The molecule has 0 fully saturated rings. The number of aromatic hydroxyl groups is 3. The van der Waals surface area contributed by atoms with Gasteiger partial charge in [-0.15, -0.1) is 0 Å². The molecule has 0 spiro atoms. The zero-order valence-corrected chi connectivity index (χ0v) is 12.3. The van der Waals surface area contributed by atoms with E-state index in [0.29, 0.717) is 17.9 Å². The summed E-state index contributed by atoms with van der Waals surface area (Å²) in [5.74, 6) is 1.01. The number of phenols is 3. The van der Waals surface area contributed by atoms with E-state index in [-0.39, 0.29) is 17.2 Å². The highest BCUT2D eigenvalue weighted by Gasteiger charge is 2.10. The molecular formula is C19H16O4. The van der Waals surface area contributed by atoms with E-state index in [4.69, 9.17) is 4.74 Å². The van der Waals surface area contributed by atoms with Crippen LogP contribution in [-0.2, 0) is 6.61 Å². The molecule has 0 bridgehead atoms. The maximum atomic E-state index is 10.0. The van der Waals surface area contributed by atoms with Crippen molar-refractivity contribution in [2.75, 3.05) is 0 Å². The molecule has 0 atom stereocenters. The van der Waals surface area contributed by atoms with E-state index in [2.05, 4.69) is 0 Å². The number of hydrogen-bond donors (Lipinski definition) is 3. The van der Waals surface area contributed by atoms with Gasteiger partial charge in [-0.05, 0) is 53.6 Å². The van der Waals surface area contributed by atoms with E-state index >= 15 is 0 Å². The number of rotatable bonds is 4. The van der Waals surface area contributed by atoms with Gasteiger partial charge in [-0.1, -0.05) is 24.3 Å². The van der Waals surface area contributed by atoms with Gasteiger partial charge in [0.15, 0.2) is 0 Å². The van der Waals surface area contributed by atoms with Gasteiger partial charge in [0.1, 0.15) is 29.6 Å². The first-order valence-corrected chi connectivity index (χ1v) is 7.15. The van der Waals surface area contributed by atoms with E-state index in [0.717, 1.165) is 11.1 Å². The molecule has 0 unspecified atom stereocenters. The maximum absolute atomic E-state index is 10.0. The number of phenolic OH excluding ortho intramolecular Hbond substituents is 3. The molecule has 4 heteroatoms. The van der Waals surface area contributed by atoms with Gasteiger partial charge in [0.2, 0.25) is 0 Å². The molecule has 3 aromatic rings. The van der Waals surface area contributed by atoms with Gasteiger partial charge in [0, 0.05) is 5.56 Å². The summed E-state index contributed by atoms with van der Waals surface area (Å²) in [6.07, 6.45) is 0. The standard InChI is InChI=1S/C19H16O4/c20-14-5-8-16(9-6-14)23-12-13-3-1-2-4-17(13)18-11-15(21)7-10-19(18)22/h1-11,20-22H,12H2. The van der Waals surface area contributed by atoms with E-state index in [1.807, 2.05) is 24.3 Å². The molecule has 0 saturated heterocycles. The first-order chi connectivity index (χ1) is 11.1.